The molecule has 36 valence electrons. The van der Waals surface area contributed by atoms with Crippen molar-refractivity contribution in [2.24, 2.45) is 4.22 Å². The molecule has 0 bridgehead atoms. The molecule has 0 spiro atoms. The van der Waals surface area contributed by atoms with Crippen LogP contribution < -0.4 is 4.22 Å². The van der Waals surface area contributed by atoms with E-state index in [1.54, 1.807) is 0 Å². The van der Waals surface area contributed by atoms with Gasteiger partial charge >= 0.3 is 51.5 Å². The molecule has 1 aromatic rings. The molecule has 0 radical (unpaired) electrons. The Labute approximate surface area is 51.9 Å². The van der Waals surface area contributed by atoms with Crippen LogP contribution in [0.3, 0.4) is 0 Å². The fourth-order valence-electron chi connectivity index (χ4n) is 0.421. The van der Waals surface area contributed by atoms with Crippen molar-refractivity contribution in [2.45, 2.75) is 0 Å². The molecule has 0 saturated heterocycles. The van der Waals surface area contributed by atoms with Gasteiger partial charge in [-0.15, -0.1) is 0 Å². The molecular formula is C4H6N2Ti. The first-order valence-corrected chi connectivity index (χ1v) is 3.63. The van der Waals surface area contributed by atoms with E-state index in [4.69, 9.17) is 4.22 Å². The molecule has 1 heterocycles. The van der Waals surface area contributed by atoms with Crippen LogP contribution in [0.2, 0.25) is 0 Å². The fraction of sp³-hybridized carbons (Fsp3) is 0. The summed E-state index contributed by atoms with van der Waals surface area (Å²) in [5.74, 6) is 0. The summed E-state index contributed by atoms with van der Waals surface area (Å²) in [7, 11) is 0. The zero-order valence-electron chi connectivity index (χ0n) is 3.83. The summed E-state index contributed by atoms with van der Waals surface area (Å²) in [5, 5.41) is 0. The summed E-state index contributed by atoms with van der Waals surface area (Å²) in [4.78, 5) is 0. The van der Waals surface area contributed by atoms with Gasteiger partial charge in [-0.3, -0.25) is 0 Å². The topological polar surface area (TPSA) is 30.9 Å². The van der Waals surface area contributed by atoms with Crippen molar-refractivity contribution >= 4 is 0 Å². The van der Waals surface area contributed by atoms with Crippen LogP contribution in [-0.2, 0) is 19.7 Å². The van der Waals surface area contributed by atoms with Gasteiger partial charge in [0.2, 0.25) is 0 Å². The third kappa shape index (κ3) is 1.16. The second-order valence-corrected chi connectivity index (χ2v) is 2.43. The maximum atomic E-state index is 5.38. The summed E-state index contributed by atoms with van der Waals surface area (Å²) >= 11 is -0.347. The molecule has 0 aromatic carbocycles. The summed E-state index contributed by atoms with van der Waals surface area (Å²) in [5.41, 5.74) is 0. The van der Waals surface area contributed by atoms with E-state index < -0.39 is 0 Å². The summed E-state index contributed by atoms with van der Waals surface area (Å²) < 4.78 is 7.41. The van der Waals surface area contributed by atoms with Crippen molar-refractivity contribution in [3.05, 3.63) is 24.5 Å². The van der Waals surface area contributed by atoms with Gasteiger partial charge in [0.25, 0.3) is 0 Å². The Kier molecular flexibility index (Phi) is 1.68. The van der Waals surface area contributed by atoms with Crippen LogP contribution in [0.25, 0.3) is 0 Å². The minimum absolute atomic E-state index is 0.347. The van der Waals surface area contributed by atoms with E-state index in [9.17, 15) is 0 Å². The van der Waals surface area contributed by atoms with Crippen molar-refractivity contribution in [1.82, 2.24) is 3.05 Å². The Balaban J connectivity index is 2.76. The number of aromatic nitrogens is 1. The average Bonchev–Trinajstić information content (AvgIpc) is 2.14. The molecule has 3 heteroatoms. The van der Waals surface area contributed by atoms with Crippen LogP contribution in [0.5, 0.6) is 0 Å². The van der Waals surface area contributed by atoms with Gasteiger partial charge in [-0.05, 0) is 0 Å². The van der Waals surface area contributed by atoms with Gasteiger partial charge < -0.3 is 0 Å². The normalized spacial score (nSPS) is 8.71. The second kappa shape index (κ2) is 2.31. The monoisotopic (exact) mass is 130 g/mol. The zero-order chi connectivity index (χ0) is 5.11. The van der Waals surface area contributed by atoms with E-state index in [1.807, 2.05) is 27.6 Å². The molecule has 2 nitrogen and oxygen atoms in total. The van der Waals surface area contributed by atoms with Crippen LogP contribution in [0.15, 0.2) is 24.5 Å². The van der Waals surface area contributed by atoms with Gasteiger partial charge in [0.1, 0.15) is 0 Å². The Hall–Kier alpha value is -0.0457. The van der Waals surface area contributed by atoms with Gasteiger partial charge in [-0.1, -0.05) is 0 Å². The third-order valence-electron chi connectivity index (χ3n) is 0.754. The van der Waals surface area contributed by atoms with Crippen LogP contribution in [0, 0.1) is 0 Å². The molecule has 0 amide bonds. The van der Waals surface area contributed by atoms with E-state index in [2.05, 4.69) is 0 Å². The van der Waals surface area contributed by atoms with E-state index in [0.29, 0.717) is 0 Å². The van der Waals surface area contributed by atoms with Crippen molar-refractivity contribution < 1.29 is 19.7 Å². The molecule has 0 aliphatic heterocycles. The molecule has 0 atom stereocenters. The zero-order valence-corrected chi connectivity index (χ0v) is 5.40. The molecule has 0 fully saturated rings. The second-order valence-electron chi connectivity index (χ2n) is 1.22. The van der Waals surface area contributed by atoms with Crippen LogP contribution in [0.1, 0.15) is 0 Å². The molecule has 0 unspecified atom stereocenters. The Morgan fingerprint density at radius 2 is 1.86 bits per heavy atom. The quantitative estimate of drug-likeness (QED) is 0.541. The molecule has 0 aliphatic carbocycles. The van der Waals surface area contributed by atoms with Crippen LogP contribution >= 0.6 is 0 Å². The Morgan fingerprint density at radius 1 is 1.29 bits per heavy atom. The van der Waals surface area contributed by atoms with Gasteiger partial charge in [-0.25, -0.2) is 0 Å². The molecular weight excluding hydrogens is 124 g/mol. The Bertz CT molecular complexity index is 124. The molecule has 0 aliphatic rings. The van der Waals surface area contributed by atoms with Crippen molar-refractivity contribution in [3.63, 3.8) is 0 Å². The number of hydrogen-bond donors (Lipinski definition) is 1. The molecule has 7 heavy (non-hydrogen) atoms. The fourth-order valence-corrected chi connectivity index (χ4v) is 0.958. The van der Waals surface area contributed by atoms with E-state index in [-0.39, 0.29) is 19.7 Å². The first-order chi connectivity index (χ1) is 3.43. The van der Waals surface area contributed by atoms with Crippen LogP contribution in [-0.4, -0.2) is 3.05 Å². The number of hydrogen-bond acceptors (Lipinski definition) is 1. The summed E-state index contributed by atoms with van der Waals surface area (Å²) in [6.45, 7) is 0. The van der Waals surface area contributed by atoms with Gasteiger partial charge in [0.05, 0.1) is 0 Å². The first kappa shape index (κ1) is 5.10. The SMILES string of the molecule is [NH2][Ti][n]1cccc1. The predicted octanol–water partition coefficient (Wildman–Crippen LogP) is 0.207. The standard InChI is InChI=1S/C4H4N.H2N.Ti/c1-2-4-5-3-1;;/h1-4H;1H2;/q2*-1;+2. The molecule has 1 rings (SSSR count). The van der Waals surface area contributed by atoms with Crippen LogP contribution in [0.4, 0.5) is 0 Å². The number of nitrogens with zero attached hydrogens (tertiary/aromatic N) is 1. The van der Waals surface area contributed by atoms with E-state index in [0.717, 1.165) is 0 Å². The molecule has 0 saturated carbocycles. The average molecular weight is 130 g/mol. The van der Waals surface area contributed by atoms with Crippen molar-refractivity contribution in [2.75, 3.05) is 0 Å². The van der Waals surface area contributed by atoms with Gasteiger partial charge in [0, 0.05) is 0 Å². The van der Waals surface area contributed by atoms with E-state index in [1.165, 1.54) is 0 Å². The predicted molar refractivity (Wildman–Crippen MR) is 24.0 cm³/mol. The minimum atomic E-state index is -0.347. The first-order valence-electron chi connectivity index (χ1n) is 2.03. The van der Waals surface area contributed by atoms with Crippen molar-refractivity contribution in [3.8, 4) is 0 Å². The third-order valence-corrected chi connectivity index (χ3v) is 1.68. The van der Waals surface area contributed by atoms with E-state index >= 15 is 0 Å². The maximum absolute atomic E-state index is 5.38. The molecule has 2 N–H and O–H groups in total. The van der Waals surface area contributed by atoms with Gasteiger partial charge in [0.15, 0.2) is 0 Å². The summed E-state index contributed by atoms with van der Waals surface area (Å²) in [6.07, 6.45) is 3.97. The number of nitrogens with two attached hydrogens (primary N) is 1. The summed E-state index contributed by atoms with van der Waals surface area (Å²) in [6, 6.07) is 3.96. The van der Waals surface area contributed by atoms with Crippen molar-refractivity contribution in [1.29, 1.82) is 0 Å². The molecule has 1 aromatic heterocycles. The van der Waals surface area contributed by atoms with Gasteiger partial charge in [-0.2, -0.15) is 0 Å². The Morgan fingerprint density at radius 3 is 2.14 bits per heavy atom. The number of rotatable bonds is 1.